The van der Waals surface area contributed by atoms with Gasteiger partial charge in [0.05, 0.1) is 18.4 Å². The molecule has 0 radical (unpaired) electrons. The number of ketones is 1. The molecule has 2 aromatic heterocycles. The van der Waals surface area contributed by atoms with Crippen molar-refractivity contribution in [1.82, 2.24) is 9.97 Å². The predicted octanol–water partition coefficient (Wildman–Crippen LogP) is 3.51. The summed E-state index contributed by atoms with van der Waals surface area (Å²) in [5, 5.41) is 3.15. The molecule has 4 nitrogen and oxygen atoms in total. The number of hydrogen-bond acceptors (Lipinski definition) is 4. The fraction of sp³-hybridized carbons (Fsp3) is 0.0667. The molecular formula is C15H12N2O2S. The van der Waals surface area contributed by atoms with E-state index in [0.717, 1.165) is 22.3 Å². The van der Waals surface area contributed by atoms with Gasteiger partial charge in [0.25, 0.3) is 0 Å². The summed E-state index contributed by atoms with van der Waals surface area (Å²) in [5.74, 6) is 0.668. The molecule has 0 bridgehead atoms. The van der Waals surface area contributed by atoms with E-state index in [2.05, 4.69) is 16.5 Å². The first-order valence-corrected chi connectivity index (χ1v) is 6.88. The van der Waals surface area contributed by atoms with Crippen LogP contribution in [0.15, 0.2) is 36.4 Å². The van der Waals surface area contributed by atoms with Crippen molar-refractivity contribution >= 4 is 34.1 Å². The predicted molar refractivity (Wildman–Crippen MR) is 80.5 cm³/mol. The van der Waals surface area contributed by atoms with E-state index in [0.29, 0.717) is 10.6 Å². The molecule has 2 heterocycles. The Labute approximate surface area is 119 Å². The Balaban J connectivity index is 2.05. The average molecular weight is 284 g/mol. The Morgan fingerprint density at radius 2 is 2.35 bits per heavy atom. The van der Waals surface area contributed by atoms with Gasteiger partial charge in [-0.2, -0.15) is 0 Å². The van der Waals surface area contributed by atoms with Gasteiger partial charge in [0.15, 0.2) is 5.01 Å². The molecule has 0 amide bonds. The van der Waals surface area contributed by atoms with E-state index in [-0.39, 0.29) is 5.78 Å². The highest BCUT2D eigenvalue weighted by molar-refractivity contribution is 7.12. The van der Waals surface area contributed by atoms with E-state index in [1.165, 1.54) is 11.3 Å². The number of fused-ring (bicyclic) bond motifs is 1. The van der Waals surface area contributed by atoms with Gasteiger partial charge in [0.1, 0.15) is 5.75 Å². The second-order valence-corrected chi connectivity index (χ2v) is 5.08. The van der Waals surface area contributed by atoms with Crippen molar-refractivity contribution in [2.75, 3.05) is 7.11 Å². The molecule has 0 aliphatic heterocycles. The number of carbonyl (C=O) groups is 1. The molecule has 0 saturated heterocycles. The zero-order valence-electron chi connectivity index (χ0n) is 10.8. The number of aromatic amines is 1. The Morgan fingerprint density at radius 3 is 3.05 bits per heavy atom. The van der Waals surface area contributed by atoms with Crippen molar-refractivity contribution in [3.8, 4) is 5.75 Å². The zero-order valence-corrected chi connectivity index (χ0v) is 11.7. The molecule has 1 N–H and O–H groups in total. The van der Waals surface area contributed by atoms with E-state index in [1.807, 2.05) is 23.6 Å². The Morgan fingerprint density at radius 1 is 1.50 bits per heavy atom. The first-order valence-electron chi connectivity index (χ1n) is 6.00. The minimum atomic E-state index is -0.0838. The number of aromatic nitrogens is 2. The monoisotopic (exact) mass is 284 g/mol. The SMILES string of the molecule is C=Cc1csc(C(=O)c2c[nH]c3cc(OC)ccc23)n1. The molecule has 1 aromatic carbocycles. The van der Waals surface area contributed by atoms with Crippen LogP contribution in [0.25, 0.3) is 17.0 Å². The van der Waals surface area contributed by atoms with E-state index in [9.17, 15) is 4.79 Å². The van der Waals surface area contributed by atoms with E-state index < -0.39 is 0 Å². The Bertz CT molecular complexity index is 801. The van der Waals surface area contributed by atoms with Gasteiger partial charge in [0.2, 0.25) is 5.78 Å². The summed E-state index contributed by atoms with van der Waals surface area (Å²) in [6.07, 6.45) is 3.34. The van der Waals surface area contributed by atoms with Gasteiger partial charge < -0.3 is 9.72 Å². The first kappa shape index (κ1) is 12.6. The van der Waals surface area contributed by atoms with Gasteiger partial charge in [-0.05, 0) is 18.2 Å². The number of nitrogens with one attached hydrogen (secondary N) is 1. The summed E-state index contributed by atoms with van der Waals surface area (Å²) >= 11 is 1.33. The quantitative estimate of drug-likeness (QED) is 0.746. The van der Waals surface area contributed by atoms with Crippen LogP contribution >= 0.6 is 11.3 Å². The molecular weight excluding hydrogens is 272 g/mol. The van der Waals surface area contributed by atoms with Crippen LogP contribution in [0, 0.1) is 0 Å². The molecule has 0 spiro atoms. The maximum Gasteiger partial charge on any atom is 0.223 e. The van der Waals surface area contributed by atoms with Gasteiger partial charge in [-0.3, -0.25) is 4.79 Å². The second-order valence-electron chi connectivity index (χ2n) is 4.22. The van der Waals surface area contributed by atoms with Crippen molar-refractivity contribution in [2.45, 2.75) is 0 Å². The maximum absolute atomic E-state index is 12.5. The van der Waals surface area contributed by atoms with Crippen LogP contribution < -0.4 is 4.74 Å². The van der Waals surface area contributed by atoms with Crippen molar-refractivity contribution in [1.29, 1.82) is 0 Å². The molecule has 0 atom stereocenters. The minimum Gasteiger partial charge on any atom is -0.497 e. The van der Waals surface area contributed by atoms with Crippen molar-refractivity contribution in [3.63, 3.8) is 0 Å². The molecule has 100 valence electrons. The van der Waals surface area contributed by atoms with E-state index in [4.69, 9.17) is 4.74 Å². The van der Waals surface area contributed by atoms with Crippen molar-refractivity contribution in [3.05, 3.63) is 52.6 Å². The minimum absolute atomic E-state index is 0.0838. The van der Waals surface area contributed by atoms with Crippen LogP contribution in [0.5, 0.6) is 5.75 Å². The number of H-pyrrole nitrogens is 1. The standard InChI is InChI=1S/C15H12N2O2S/c1-3-9-8-20-15(17-9)14(18)12-7-16-13-6-10(19-2)4-5-11(12)13/h3-8,16H,1H2,2H3. The maximum atomic E-state index is 12.5. The topological polar surface area (TPSA) is 55.0 Å². The lowest BCUT2D eigenvalue weighted by atomic mass is 10.1. The van der Waals surface area contributed by atoms with E-state index in [1.54, 1.807) is 19.4 Å². The Hall–Kier alpha value is -2.40. The number of hydrogen-bond donors (Lipinski definition) is 1. The first-order chi connectivity index (χ1) is 9.72. The van der Waals surface area contributed by atoms with Crippen molar-refractivity contribution < 1.29 is 9.53 Å². The third-order valence-electron chi connectivity index (χ3n) is 3.06. The number of methoxy groups -OCH3 is 1. The fourth-order valence-electron chi connectivity index (χ4n) is 2.02. The average Bonchev–Trinajstić information content (AvgIpc) is 3.12. The van der Waals surface area contributed by atoms with Gasteiger partial charge >= 0.3 is 0 Å². The summed E-state index contributed by atoms with van der Waals surface area (Å²) in [6.45, 7) is 3.65. The van der Waals surface area contributed by atoms with Gasteiger partial charge in [-0.15, -0.1) is 11.3 Å². The van der Waals surface area contributed by atoms with Crippen LogP contribution in [0.1, 0.15) is 21.1 Å². The molecule has 0 unspecified atom stereocenters. The summed E-state index contributed by atoms with van der Waals surface area (Å²) in [4.78, 5) is 19.8. The summed E-state index contributed by atoms with van der Waals surface area (Å²) < 4.78 is 5.17. The lowest BCUT2D eigenvalue weighted by Gasteiger charge is -1.99. The number of carbonyl (C=O) groups excluding carboxylic acids is 1. The summed E-state index contributed by atoms with van der Waals surface area (Å²) in [5.41, 5.74) is 2.21. The molecule has 0 fully saturated rings. The molecule has 0 aliphatic rings. The summed E-state index contributed by atoms with van der Waals surface area (Å²) in [6, 6.07) is 5.58. The van der Waals surface area contributed by atoms with Gasteiger partial charge in [-0.1, -0.05) is 6.58 Å². The number of nitrogens with zero attached hydrogens (tertiary/aromatic N) is 1. The van der Waals surface area contributed by atoms with Crippen LogP contribution in [0.4, 0.5) is 0 Å². The highest BCUT2D eigenvalue weighted by Gasteiger charge is 2.17. The molecule has 3 rings (SSSR count). The fourth-order valence-corrected chi connectivity index (χ4v) is 2.78. The van der Waals surface area contributed by atoms with E-state index >= 15 is 0 Å². The highest BCUT2D eigenvalue weighted by Crippen LogP contribution is 2.26. The van der Waals surface area contributed by atoms with Crippen LogP contribution in [-0.2, 0) is 0 Å². The lowest BCUT2D eigenvalue weighted by Crippen LogP contribution is -1.99. The van der Waals surface area contributed by atoms with Gasteiger partial charge in [0, 0.05) is 28.5 Å². The van der Waals surface area contributed by atoms with Crippen LogP contribution in [0.3, 0.4) is 0 Å². The van der Waals surface area contributed by atoms with Crippen LogP contribution in [-0.4, -0.2) is 22.9 Å². The zero-order chi connectivity index (χ0) is 14.1. The molecule has 0 aliphatic carbocycles. The number of ether oxygens (including phenoxy) is 1. The smallest absolute Gasteiger partial charge is 0.223 e. The third-order valence-corrected chi connectivity index (χ3v) is 3.92. The normalized spacial score (nSPS) is 10.7. The van der Waals surface area contributed by atoms with Gasteiger partial charge in [-0.25, -0.2) is 4.98 Å². The summed E-state index contributed by atoms with van der Waals surface area (Å²) in [7, 11) is 1.61. The number of thiazole rings is 1. The largest absolute Gasteiger partial charge is 0.497 e. The van der Waals surface area contributed by atoms with Crippen LogP contribution in [0.2, 0.25) is 0 Å². The lowest BCUT2D eigenvalue weighted by molar-refractivity contribution is 0.104. The molecule has 20 heavy (non-hydrogen) atoms. The second kappa shape index (κ2) is 4.94. The highest BCUT2D eigenvalue weighted by atomic mass is 32.1. The van der Waals surface area contributed by atoms with Crippen molar-refractivity contribution in [2.24, 2.45) is 0 Å². The number of benzene rings is 1. The molecule has 0 saturated carbocycles. The Kier molecular flexibility index (Phi) is 3.12. The molecule has 3 aromatic rings. The number of rotatable bonds is 4. The molecule has 5 heteroatoms. The third kappa shape index (κ3) is 2.02.